The molecule has 2 aliphatic heterocycles. The molecule has 4 rings (SSSR count). The van der Waals surface area contributed by atoms with Gasteiger partial charge in [-0.15, -0.1) is 0 Å². The highest BCUT2D eigenvalue weighted by Gasteiger charge is 2.47. The monoisotopic (exact) mass is 477 g/mol. The topological polar surface area (TPSA) is 86.8 Å². The Kier molecular flexibility index (Phi) is 8.02. The van der Waals surface area contributed by atoms with E-state index < -0.39 is 0 Å². The molecule has 0 spiro atoms. The fraction of sp³-hybridized carbons (Fsp3) is 0.444. The number of carbonyl (C=O) groups excluding carboxylic acids is 2. The minimum absolute atomic E-state index is 0.0420. The summed E-state index contributed by atoms with van der Waals surface area (Å²) in [7, 11) is 0. The summed E-state index contributed by atoms with van der Waals surface area (Å²) in [5.74, 6) is -0.00297. The van der Waals surface area contributed by atoms with Crippen LogP contribution in [0.4, 0.5) is 10.5 Å². The van der Waals surface area contributed by atoms with E-state index in [1.807, 2.05) is 36.4 Å². The number of ether oxygens (including phenoxy) is 1. The van der Waals surface area contributed by atoms with Crippen LogP contribution in [-0.4, -0.2) is 66.1 Å². The van der Waals surface area contributed by atoms with Gasteiger partial charge in [-0.05, 0) is 55.4 Å². The van der Waals surface area contributed by atoms with E-state index in [0.717, 1.165) is 43.0 Å². The maximum Gasteiger partial charge on any atom is 0.410 e. The fourth-order valence-corrected chi connectivity index (χ4v) is 5.16. The number of benzene rings is 1. The van der Waals surface area contributed by atoms with Crippen LogP contribution < -0.4 is 10.6 Å². The summed E-state index contributed by atoms with van der Waals surface area (Å²) in [4.78, 5) is 34.5. The molecule has 2 aromatic rings. The molecule has 1 aromatic heterocycles. The van der Waals surface area contributed by atoms with Gasteiger partial charge in [0.1, 0.15) is 6.61 Å². The van der Waals surface area contributed by atoms with E-state index in [4.69, 9.17) is 4.74 Å². The number of likely N-dealkylation sites (tertiary alicyclic amines) is 1. The third-order valence-electron chi connectivity index (χ3n) is 6.99. The highest BCUT2D eigenvalue weighted by molar-refractivity contribution is 5.95. The van der Waals surface area contributed by atoms with Crippen molar-refractivity contribution in [2.24, 2.45) is 5.92 Å². The molecule has 35 heavy (non-hydrogen) atoms. The van der Waals surface area contributed by atoms with E-state index in [9.17, 15) is 9.59 Å². The highest BCUT2D eigenvalue weighted by atomic mass is 16.6. The lowest BCUT2D eigenvalue weighted by molar-refractivity contribution is 0.0948. The first-order valence-electron chi connectivity index (χ1n) is 12.4. The summed E-state index contributed by atoms with van der Waals surface area (Å²) in [5.41, 5.74) is 3.37. The predicted molar refractivity (Wildman–Crippen MR) is 136 cm³/mol. The van der Waals surface area contributed by atoms with E-state index in [0.29, 0.717) is 18.7 Å². The number of pyridine rings is 1. The average Bonchev–Trinajstić information content (AvgIpc) is 3.35. The Morgan fingerprint density at radius 2 is 2.11 bits per heavy atom. The molecule has 2 aliphatic rings. The normalized spacial score (nSPS) is 20.5. The van der Waals surface area contributed by atoms with Gasteiger partial charge in [0.25, 0.3) is 5.91 Å². The summed E-state index contributed by atoms with van der Waals surface area (Å²) in [5, 5.41) is 6.66. The SMILES string of the molecule is C=CCOC(=O)N1CC[C@H]2C(c3ccccn3)Nc3ccc(C(=O)NCCN(CC)CC)cc3[C@H]21. The largest absolute Gasteiger partial charge is 0.445 e. The van der Waals surface area contributed by atoms with Crippen LogP contribution in [0, 0.1) is 5.92 Å². The molecule has 1 saturated heterocycles. The van der Waals surface area contributed by atoms with Gasteiger partial charge < -0.3 is 25.2 Å². The Balaban J connectivity index is 1.61. The standard InChI is InChI=1S/C27H35N5O3/c1-4-17-35-27(34)32-15-12-20-24(23-9-7-8-13-28-23)30-22-11-10-19(18-21(22)25(20)32)26(33)29-14-16-31(5-2)6-3/h4,7-11,13,18,20,24-25,30H,1,5-6,12,14-17H2,2-3H3,(H,29,33)/t20-,24?,25-/m0/s1. The van der Waals surface area contributed by atoms with Crippen LogP contribution in [0.1, 0.15) is 54.0 Å². The molecule has 3 atom stereocenters. The summed E-state index contributed by atoms with van der Waals surface area (Å²) in [6, 6.07) is 11.3. The van der Waals surface area contributed by atoms with Gasteiger partial charge in [0.2, 0.25) is 0 Å². The molecule has 8 nitrogen and oxygen atoms in total. The lowest BCUT2D eigenvalue weighted by Gasteiger charge is -2.39. The van der Waals surface area contributed by atoms with Crippen LogP contribution in [0.25, 0.3) is 0 Å². The van der Waals surface area contributed by atoms with Gasteiger partial charge in [-0.1, -0.05) is 32.6 Å². The first kappa shape index (κ1) is 24.7. The van der Waals surface area contributed by atoms with Crippen molar-refractivity contribution in [2.45, 2.75) is 32.4 Å². The number of hydrogen-bond acceptors (Lipinski definition) is 6. The number of aromatic nitrogens is 1. The third-order valence-corrected chi connectivity index (χ3v) is 6.99. The van der Waals surface area contributed by atoms with Gasteiger partial charge in [0.15, 0.2) is 0 Å². The quantitative estimate of drug-likeness (QED) is 0.531. The Labute approximate surface area is 207 Å². The summed E-state index contributed by atoms with van der Waals surface area (Å²) in [6.07, 6.45) is 3.80. The van der Waals surface area contributed by atoms with Crippen molar-refractivity contribution in [3.8, 4) is 0 Å². The number of carbonyl (C=O) groups is 2. The second kappa shape index (κ2) is 11.4. The van der Waals surface area contributed by atoms with Gasteiger partial charge >= 0.3 is 6.09 Å². The Morgan fingerprint density at radius 3 is 2.83 bits per heavy atom. The molecule has 8 heteroatoms. The number of fused-ring (bicyclic) bond motifs is 3. The molecular formula is C27H35N5O3. The average molecular weight is 478 g/mol. The van der Waals surface area contributed by atoms with Gasteiger partial charge in [-0.25, -0.2) is 4.79 Å². The van der Waals surface area contributed by atoms with Gasteiger partial charge in [-0.3, -0.25) is 9.78 Å². The van der Waals surface area contributed by atoms with Crippen LogP contribution in [0.2, 0.25) is 0 Å². The van der Waals surface area contributed by atoms with Crippen molar-refractivity contribution in [2.75, 3.05) is 44.6 Å². The molecule has 1 aromatic carbocycles. The minimum atomic E-state index is -0.362. The summed E-state index contributed by atoms with van der Waals surface area (Å²) < 4.78 is 5.40. The molecule has 0 radical (unpaired) electrons. The number of likely N-dealkylation sites (N-methyl/N-ethyl adjacent to an activating group) is 1. The van der Waals surface area contributed by atoms with Crippen molar-refractivity contribution in [1.29, 1.82) is 0 Å². The van der Waals surface area contributed by atoms with E-state index >= 15 is 0 Å². The van der Waals surface area contributed by atoms with Crippen LogP contribution in [0.5, 0.6) is 0 Å². The van der Waals surface area contributed by atoms with E-state index in [1.165, 1.54) is 0 Å². The van der Waals surface area contributed by atoms with Crippen LogP contribution in [-0.2, 0) is 4.74 Å². The molecule has 1 unspecified atom stereocenters. The van der Waals surface area contributed by atoms with Crippen LogP contribution >= 0.6 is 0 Å². The second-order valence-electron chi connectivity index (χ2n) is 8.92. The zero-order valence-corrected chi connectivity index (χ0v) is 20.6. The van der Waals surface area contributed by atoms with Gasteiger partial charge in [0, 0.05) is 43.0 Å². The predicted octanol–water partition coefficient (Wildman–Crippen LogP) is 4.01. The number of hydrogen-bond donors (Lipinski definition) is 2. The van der Waals surface area contributed by atoms with E-state index in [2.05, 4.69) is 40.9 Å². The molecule has 3 heterocycles. The molecule has 0 bridgehead atoms. The van der Waals surface area contributed by atoms with Crippen molar-refractivity contribution in [3.63, 3.8) is 0 Å². The fourth-order valence-electron chi connectivity index (χ4n) is 5.16. The van der Waals surface area contributed by atoms with Crippen molar-refractivity contribution >= 4 is 17.7 Å². The van der Waals surface area contributed by atoms with Crippen LogP contribution in [0.3, 0.4) is 0 Å². The maximum atomic E-state index is 12.9. The molecule has 0 aliphatic carbocycles. The molecule has 1 fully saturated rings. The third kappa shape index (κ3) is 5.32. The van der Waals surface area contributed by atoms with Gasteiger partial charge in [0.05, 0.1) is 17.8 Å². The second-order valence-corrected chi connectivity index (χ2v) is 8.92. The summed E-state index contributed by atoms with van der Waals surface area (Å²) >= 11 is 0. The lowest BCUT2D eigenvalue weighted by atomic mass is 9.81. The zero-order valence-electron chi connectivity index (χ0n) is 20.6. The Morgan fingerprint density at radius 1 is 1.29 bits per heavy atom. The number of rotatable bonds is 9. The molecule has 2 N–H and O–H groups in total. The molecule has 186 valence electrons. The van der Waals surface area contributed by atoms with Crippen molar-refractivity contribution in [3.05, 3.63) is 72.1 Å². The number of amides is 2. The number of anilines is 1. The Hall–Kier alpha value is -3.39. The molecule has 0 saturated carbocycles. The van der Waals surface area contributed by atoms with Crippen LogP contribution in [0.15, 0.2) is 55.3 Å². The first-order valence-corrected chi connectivity index (χ1v) is 12.4. The lowest BCUT2D eigenvalue weighted by Crippen LogP contribution is -2.38. The number of nitrogens with zero attached hydrogens (tertiary/aromatic N) is 3. The van der Waals surface area contributed by atoms with Gasteiger partial charge in [-0.2, -0.15) is 0 Å². The zero-order chi connectivity index (χ0) is 24.8. The maximum absolute atomic E-state index is 12.9. The summed E-state index contributed by atoms with van der Waals surface area (Å²) in [6.45, 7) is 11.9. The minimum Gasteiger partial charge on any atom is -0.445 e. The van der Waals surface area contributed by atoms with E-state index in [1.54, 1.807) is 17.2 Å². The highest BCUT2D eigenvalue weighted by Crippen LogP contribution is 2.51. The number of nitrogens with one attached hydrogen (secondary N) is 2. The van der Waals surface area contributed by atoms with Crippen molar-refractivity contribution < 1.29 is 14.3 Å². The van der Waals surface area contributed by atoms with E-state index in [-0.39, 0.29) is 36.6 Å². The smallest absolute Gasteiger partial charge is 0.410 e. The van der Waals surface area contributed by atoms with Crippen molar-refractivity contribution in [1.82, 2.24) is 20.1 Å². The Bertz CT molecular complexity index is 1040. The molecular weight excluding hydrogens is 442 g/mol. The molecule has 2 amide bonds. The first-order chi connectivity index (χ1) is 17.1.